The van der Waals surface area contributed by atoms with Gasteiger partial charge in [0.1, 0.15) is 0 Å². The lowest BCUT2D eigenvalue weighted by molar-refractivity contribution is 0.0814. The standard InChI is InChI=1S/C17H27BrN2O2/c1-2-20(15-5-3-4-6-15)11-14-9-13(12-22-8-7-21)10-16(18)17(14)19/h9-10,15,21H,2-8,11-12,19H2,1H3. The van der Waals surface area contributed by atoms with Crippen LogP contribution in [0.3, 0.4) is 0 Å². The van der Waals surface area contributed by atoms with E-state index in [0.717, 1.165) is 34.4 Å². The third kappa shape index (κ3) is 4.69. The van der Waals surface area contributed by atoms with Crippen molar-refractivity contribution in [1.82, 2.24) is 4.90 Å². The van der Waals surface area contributed by atoms with Crippen LogP contribution in [0.2, 0.25) is 0 Å². The molecule has 3 N–H and O–H groups in total. The molecule has 0 heterocycles. The van der Waals surface area contributed by atoms with Crippen molar-refractivity contribution in [3.05, 3.63) is 27.7 Å². The van der Waals surface area contributed by atoms with Crippen LogP contribution in [0.25, 0.3) is 0 Å². The summed E-state index contributed by atoms with van der Waals surface area (Å²) >= 11 is 3.55. The molecule has 0 aromatic heterocycles. The molecule has 0 saturated heterocycles. The van der Waals surface area contributed by atoms with Crippen LogP contribution in [0.15, 0.2) is 16.6 Å². The van der Waals surface area contributed by atoms with Crippen molar-refractivity contribution in [2.24, 2.45) is 0 Å². The molecule has 1 aliphatic carbocycles. The maximum Gasteiger partial charge on any atom is 0.0718 e. The van der Waals surface area contributed by atoms with Crippen LogP contribution < -0.4 is 5.73 Å². The molecule has 0 aliphatic heterocycles. The van der Waals surface area contributed by atoms with Crippen LogP contribution in [-0.4, -0.2) is 35.8 Å². The molecule has 0 radical (unpaired) electrons. The lowest BCUT2D eigenvalue weighted by Crippen LogP contribution is -2.32. The minimum absolute atomic E-state index is 0.0499. The van der Waals surface area contributed by atoms with E-state index >= 15 is 0 Å². The summed E-state index contributed by atoms with van der Waals surface area (Å²) in [4.78, 5) is 2.53. The van der Waals surface area contributed by atoms with Gasteiger partial charge in [-0.1, -0.05) is 25.8 Å². The fourth-order valence-corrected chi connectivity index (χ4v) is 3.74. The number of aliphatic hydroxyl groups is 1. The Hall–Kier alpha value is -0.620. The SMILES string of the molecule is CCN(Cc1cc(COCCO)cc(Br)c1N)C1CCCC1. The van der Waals surface area contributed by atoms with E-state index in [1.54, 1.807) is 0 Å². The van der Waals surface area contributed by atoms with Gasteiger partial charge < -0.3 is 15.6 Å². The summed E-state index contributed by atoms with van der Waals surface area (Å²) < 4.78 is 6.35. The zero-order chi connectivity index (χ0) is 15.9. The van der Waals surface area contributed by atoms with Crippen molar-refractivity contribution < 1.29 is 9.84 Å². The van der Waals surface area contributed by atoms with E-state index in [1.807, 2.05) is 6.07 Å². The number of aliphatic hydroxyl groups excluding tert-OH is 1. The van der Waals surface area contributed by atoms with Gasteiger partial charge in [0.05, 0.1) is 25.5 Å². The zero-order valence-electron chi connectivity index (χ0n) is 13.4. The molecule has 1 fully saturated rings. The number of benzene rings is 1. The van der Waals surface area contributed by atoms with Gasteiger partial charge in [0.2, 0.25) is 0 Å². The van der Waals surface area contributed by atoms with E-state index in [9.17, 15) is 0 Å². The number of hydrogen-bond acceptors (Lipinski definition) is 4. The molecule has 124 valence electrons. The highest BCUT2D eigenvalue weighted by atomic mass is 79.9. The van der Waals surface area contributed by atoms with E-state index in [4.69, 9.17) is 15.6 Å². The first kappa shape index (κ1) is 17.7. The monoisotopic (exact) mass is 370 g/mol. The van der Waals surface area contributed by atoms with E-state index in [0.29, 0.717) is 19.3 Å². The molecular weight excluding hydrogens is 344 g/mol. The number of hydrogen-bond donors (Lipinski definition) is 2. The second kappa shape index (κ2) is 8.87. The summed E-state index contributed by atoms with van der Waals surface area (Å²) in [5.41, 5.74) is 9.32. The number of anilines is 1. The molecule has 1 aliphatic rings. The van der Waals surface area contributed by atoms with Gasteiger partial charge in [-0.3, -0.25) is 4.90 Å². The first-order chi connectivity index (χ1) is 10.7. The summed E-state index contributed by atoms with van der Waals surface area (Å²) in [7, 11) is 0. The Morgan fingerprint density at radius 3 is 2.73 bits per heavy atom. The molecule has 0 atom stereocenters. The number of halogens is 1. The van der Waals surface area contributed by atoms with E-state index in [2.05, 4.69) is 33.8 Å². The van der Waals surface area contributed by atoms with Crippen LogP contribution in [-0.2, 0) is 17.9 Å². The summed E-state index contributed by atoms with van der Waals surface area (Å²) in [6.45, 7) is 5.07. The third-order valence-corrected chi connectivity index (χ3v) is 5.06. The molecule has 0 bridgehead atoms. The van der Waals surface area contributed by atoms with Crippen molar-refractivity contribution in [3.63, 3.8) is 0 Å². The first-order valence-electron chi connectivity index (χ1n) is 8.15. The Morgan fingerprint density at radius 1 is 1.36 bits per heavy atom. The van der Waals surface area contributed by atoms with Crippen molar-refractivity contribution >= 4 is 21.6 Å². The van der Waals surface area contributed by atoms with Gasteiger partial charge in [-0.25, -0.2) is 0 Å². The highest BCUT2D eigenvalue weighted by molar-refractivity contribution is 9.10. The van der Waals surface area contributed by atoms with Gasteiger partial charge >= 0.3 is 0 Å². The van der Waals surface area contributed by atoms with Crippen molar-refractivity contribution in [1.29, 1.82) is 0 Å². The Bertz CT molecular complexity index is 476. The summed E-state index contributed by atoms with van der Waals surface area (Å²) in [5, 5.41) is 8.81. The van der Waals surface area contributed by atoms with Crippen LogP contribution in [0, 0.1) is 0 Å². The highest BCUT2D eigenvalue weighted by Gasteiger charge is 2.22. The lowest BCUT2D eigenvalue weighted by atomic mass is 10.1. The normalized spacial score (nSPS) is 15.8. The molecule has 0 spiro atoms. The van der Waals surface area contributed by atoms with Crippen LogP contribution >= 0.6 is 15.9 Å². The molecule has 2 rings (SSSR count). The van der Waals surface area contributed by atoms with E-state index in [1.165, 1.54) is 25.7 Å². The number of ether oxygens (including phenoxy) is 1. The quantitative estimate of drug-likeness (QED) is 0.544. The Balaban J connectivity index is 2.10. The molecule has 1 aromatic carbocycles. The largest absolute Gasteiger partial charge is 0.398 e. The Labute approximate surface area is 141 Å². The third-order valence-electron chi connectivity index (χ3n) is 4.40. The summed E-state index contributed by atoms with van der Waals surface area (Å²) in [5.74, 6) is 0. The highest BCUT2D eigenvalue weighted by Crippen LogP contribution is 2.30. The summed E-state index contributed by atoms with van der Waals surface area (Å²) in [6.07, 6.45) is 5.28. The number of nitrogen functional groups attached to an aromatic ring is 1. The van der Waals surface area contributed by atoms with Crippen LogP contribution in [0.1, 0.15) is 43.7 Å². The summed E-state index contributed by atoms with van der Waals surface area (Å²) in [6, 6.07) is 4.83. The molecule has 4 nitrogen and oxygen atoms in total. The molecule has 5 heteroatoms. The lowest BCUT2D eigenvalue weighted by Gasteiger charge is -2.28. The molecular formula is C17H27BrN2O2. The van der Waals surface area contributed by atoms with Gasteiger partial charge in [0.25, 0.3) is 0 Å². The average molecular weight is 371 g/mol. The van der Waals surface area contributed by atoms with Crippen LogP contribution in [0.5, 0.6) is 0 Å². The minimum Gasteiger partial charge on any atom is -0.398 e. The topological polar surface area (TPSA) is 58.7 Å². The Kier molecular flexibility index (Phi) is 7.15. The average Bonchev–Trinajstić information content (AvgIpc) is 3.03. The molecule has 22 heavy (non-hydrogen) atoms. The first-order valence-corrected chi connectivity index (χ1v) is 8.94. The maximum absolute atomic E-state index is 8.81. The molecule has 0 amide bonds. The van der Waals surface area contributed by atoms with Crippen molar-refractivity contribution in [2.75, 3.05) is 25.5 Å². The minimum atomic E-state index is 0.0499. The van der Waals surface area contributed by atoms with Gasteiger partial charge in [-0.15, -0.1) is 0 Å². The van der Waals surface area contributed by atoms with Crippen molar-refractivity contribution in [2.45, 2.75) is 51.8 Å². The second-order valence-electron chi connectivity index (χ2n) is 5.93. The van der Waals surface area contributed by atoms with Crippen molar-refractivity contribution in [3.8, 4) is 0 Å². The zero-order valence-corrected chi connectivity index (χ0v) is 14.9. The molecule has 1 saturated carbocycles. The van der Waals surface area contributed by atoms with Crippen LogP contribution in [0.4, 0.5) is 5.69 Å². The van der Waals surface area contributed by atoms with Gasteiger partial charge in [-0.05, 0) is 52.5 Å². The fraction of sp³-hybridized carbons (Fsp3) is 0.647. The Morgan fingerprint density at radius 2 is 2.09 bits per heavy atom. The van der Waals surface area contributed by atoms with Gasteiger partial charge in [0, 0.05) is 17.1 Å². The maximum atomic E-state index is 8.81. The smallest absolute Gasteiger partial charge is 0.0718 e. The van der Waals surface area contributed by atoms with E-state index < -0.39 is 0 Å². The van der Waals surface area contributed by atoms with E-state index in [-0.39, 0.29) is 6.61 Å². The second-order valence-corrected chi connectivity index (χ2v) is 6.78. The fourth-order valence-electron chi connectivity index (χ4n) is 3.19. The number of rotatable bonds is 8. The predicted octanol–water partition coefficient (Wildman–Crippen LogP) is 3.30. The number of nitrogens with two attached hydrogens (primary N) is 1. The molecule has 0 unspecified atom stereocenters. The van der Waals surface area contributed by atoms with Gasteiger partial charge in [0.15, 0.2) is 0 Å². The van der Waals surface area contributed by atoms with Gasteiger partial charge in [-0.2, -0.15) is 0 Å². The molecule has 1 aromatic rings. The number of nitrogens with zero attached hydrogens (tertiary/aromatic N) is 1. The predicted molar refractivity (Wildman–Crippen MR) is 93.6 cm³/mol.